The molecule has 19 heavy (non-hydrogen) atoms. The molecule has 0 radical (unpaired) electrons. The Morgan fingerprint density at radius 3 is 2.95 bits per heavy atom. The Morgan fingerprint density at radius 2 is 2.26 bits per heavy atom. The minimum absolute atomic E-state index is 0.0169. The van der Waals surface area contributed by atoms with E-state index in [2.05, 4.69) is 22.0 Å². The lowest BCUT2D eigenvalue weighted by Gasteiger charge is -1.93. The monoisotopic (exact) mass is 274 g/mol. The van der Waals surface area contributed by atoms with Crippen molar-refractivity contribution in [3.63, 3.8) is 0 Å². The number of nitrogens with one attached hydrogen (secondary N) is 1. The third kappa shape index (κ3) is 3.14. The Kier molecular flexibility index (Phi) is 3.88. The van der Waals surface area contributed by atoms with Crippen LogP contribution in [0.15, 0.2) is 18.2 Å². The molecule has 0 aliphatic rings. The number of carbonyl (C=O) groups excluding carboxylic acids is 1. The Labute approximate surface area is 113 Å². The standard InChI is InChI=1S/C13H10N2O3S/c1-8(16)19-6-2-3-9-4-5-11-10(7-9)12(13(17)18)15-14-11/h4-5,7H,6H2,1H3,(H,14,15)(H,17,18). The van der Waals surface area contributed by atoms with E-state index in [-0.39, 0.29) is 10.8 Å². The van der Waals surface area contributed by atoms with Gasteiger partial charge in [0.1, 0.15) is 0 Å². The summed E-state index contributed by atoms with van der Waals surface area (Å²) in [4.78, 5) is 21.7. The van der Waals surface area contributed by atoms with Crippen molar-refractivity contribution in [2.24, 2.45) is 0 Å². The molecule has 2 aromatic rings. The van der Waals surface area contributed by atoms with E-state index in [1.165, 1.54) is 6.92 Å². The lowest BCUT2D eigenvalue weighted by molar-refractivity contribution is -0.109. The fraction of sp³-hybridized carbons (Fsp3) is 0.154. The molecule has 0 amide bonds. The maximum atomic E-state index is 11.0. The molecule has 0 unspecified atom stereocenters. The van der Waals surface area contributed by atoms with Gasteiger partial charge in [0.15, 0.2) is 10.8 Å². The second-order valence-corrected chi connectivity index (χ2v) is 4.87. The van der Waals surface area contributed by atoms with E-state index in [1.54, 1.807) is 18.2 Å². The first-order chi connectivity index (χ1) is 9.08. The van der Waals surface area contributed by atoms with Crippen LogP contribution in [-0.4, -0.2) is 32.1 Å². The van der Waals surface area contributed by atoms with Crippen molar-refractivity contribution in [1.82, 2.24) is 10.2 Å². The number of aromatic nitrogens is 2. The Bertz CT molecular complexity index is 709. The summed E-state index contributed by atoms with van der Waals surface area (Å²) in [6.45, 7) is 1.49. The number of fused-ring (bicyclic) bond motifs is 1. The third-order valence-corrected chi connectivity index (χ3v) is 3.04. The lowest BCUT2D eigenvalue weighted by atomic mass is 10.1. The SMILES string of the molecule is CC(=O)SCC#Cc1ccc2[nH]nc(C(=O)O)c2c1. The van der Waals surface area contributed by atoms with Gasteiger partial charge in [0.2, 0.25) is 0 Å². The highest BCUT2D eigenvalue weighted by Gasteiger charge is 2.12. The molecule has 0 atom stereocenters. The summed E-state index contributed by atoms with van der Waals surface area (Å²) in [5.74, 6) is 5.08. The number of rotatable bonds is 2. The zero-order chi connectivity index (χ0) is 13.8. The maximum absolute atomic E-state index is 11.0. The van der Waals surface area contributed by atoms with E-state index in [9.17, 15) is 9.59 Å². The van der Waals surface area contributed by atoms with Gasteiger partial charge in [0.25, 0.3) is 0 Å². The molecule has 5 nitrogen and oxygen atoms in total. The maximum Gasteiger partial charge on any atom is 0.357 e. The van der Waals surface area contributed by atoms with Crippen LogP contribution in [0.2, 0.25) is 0 Å². The van der Waals surface area contributed by atoms with Gasteiger partial charge in [-0.25, -0.2) is 4.79 Å². The number of hydrogen-bond donors (Lipinski definition) is 2. The molecule has 0 saturated carbocycles. The minimum atomic E-state index is -1.08. The van der Waals surface area contributed by atoms with Crippen molar-refractivity contribution in [3.05, 3.63) is 29.5 Å². The fourth-order valence-corrected chi connectivity index (χ4v) is 1.88. The number of nitrogens with zero attached hydrogens (tertiary/aromatic N) is 1. The van der Waals surface area contributed by atoms with Crippen molar-refractivity contribution < 1.29 is 14.7 Å². The minimum Gasteiger partial charge on any atom is -0.476 e. The van der Waals surface area contributed by atoms with Gasteiger partial charge >= 0.3 is 5.97 Å². The van der Waals surface area contributed by atoms with Gasteiger partial charge in [-0.15, -0.1) is 0 Å². The first kappa shape index (κ1) is 13.2. The fourth-order valence-electron chi connectivity index (χ4n) is 1.53. The average Bonchev–Trinajstić information content (AvgIpc) is 2.77. The number of benzene rings is 1. The topological polar surface area (TPSA) is 83.0 Å². The first-order valence-electron chi connectivity index (χ1n) is 5.41. The highest BCUT2D eigenvalue weighted by molar-refractivity contribution is 8.13. The van der Waals surface area contributed by atoms with Gasteiger partial charge in [-0.3, -0.25) is 9.89 Å². The Morgan fingerprint density at radius 1 is 1.47 bits per heavy atom. The van der Waals surface area contributed by atoms with Crippen molar-refractivity contribution in [1.29, 1.82) is 0 Å². The molecule has 2 N–H and O–H groups in total. The van der Waals surface area contributed by atoms with Gasteiger partial charge in [-0.1, -0.05) is 23.6 Å². The molecule has 0 bridgehead atoms. The summed E-state index contributed by atoms with van der Waals surface area (Å²) in [6, 6.07) is 5.18. The van der Waals surface area contributed by atoms with Crippen LogP contribution in [0.5, 0.6) is 0 Å². The normalized spacial score (nSPS) is 9.95. The van der Waals surface area contributed by atoms with Crippen LogP contribution in [-0.2, 0) is 4.79 Å². The summed E-state index contributed by atoms with van der Waals surface area (Å²) in [6.07, 6.45) is 0. The van der Waals surface area contributed by atoms with Crippen molar-refractivity contribution in [3.8, 4) is 11.8 Å². The first-order valence-corrected chi connectivity index (χ1v) is 6.40. The highest BCUT2D eigenvalue weighted by Crippen LogP contribution is 2.17. The summed E-state index contributed by atoms with van der Waals surface area (Å²) >= 11 is 1.14. The number of carbonyl (C=O) groups is 2. The summed E-state index contributed by atoms with van der Waals surface area (Å²) in [5, 5.41) is 15.9. The molecular formula is C13H10N2O3S. The van der Waals surface area contributed by atoms with Crippen LogP contribution in [0.25, 0.3) is 10.9 Å². The molecular weight excluding hydrogens is 264 g/mol. The van der Waals surface area contributed by atoms with E-state index in [0.29, 0.717) is 22.2 Å². The summed E-state index contributed by atoms with van der Waals surface area (Å²) in [7, 11) is 0. The molecule has 1 heterocycles. The van der Waals surface area contributed by atoms with Crippen molar-refractivity contribution in [2.45, 2.75) is 6.92 Å². The van der Waals surface area contributed by atoms with Crippen LogP contribution in [0.4, 0.5) is 0 Å². The van der Waals surface area contributed by atoms with Gasteiger partial charge in [-0.2, -0.15) is 5.10 Å². The van der Waals surface area contributed by atoms with E-state index in [1.807, 2.05) is 0 Å². The number of aromatic carboxylic acids is 1. The lowest BCUT2D eigenvalue weighted by Crippen LogP contribution is -1.96. The van der Waals surface area contributed by atoms with E-state index in [0.717, 1.165) is 11.8 Å². The predicted octanol–water partition coefficient (Wildman–Crippen LogP) is 1.89. The average molecular weight is 274 g/mol. The highest BCUT2D eigenvalue weighted by atomic mass is 32.2. The van der Waals surface area contributed by atoms with Crippen LogP contribution >= 0.6 is 11.8 Å². The number of carboxylic acid groups (broad SMARTS) is 1. The number of aromatic amines is 1. The van der Waals surface area contributed by atoms with Gasteiger partial charge in [-0.05, 0) is 18.2 Å². The molecule has 0 aliphatic heterocycles. The second kappa shape index (κ2) is 5.59. The van der Waals surface area contributed by atoms with E-state index >= 15 is 0 Å². The van der Waals surface area contributed by atoms with Gasteiger partial charge < -0.3 is 5.11 Å². The predicted molar refractivity (Wildman–Crippen MR) is 73.1 cm³/mol. The largest absolute Gasteiger partial charge is 0.476 e. The number of thioether (sulfide) groups is 1. The van der Waals surface area contributed by atoms with Gasteiger partial charge in [0, 0.05) is 17.9 Å². The molecule has 1 aromatic carbocycles. The third-order valence-electron chi connectivity index (χ3n) is 2.35. The van der Waals surface area contributed by atoms with Crippen LogP contribution in [0.1, 0.15) is 23.0 Å². The zero-order valence-electron chi connectivity index (χ0n) is 10.1. The number of carboxylic acids is 1. The molecule has 0 aliphatic carbocycles. The van der Waals surface area contributed by atoms with E-state index in [4.69, 9.17) is 5.11 Å². The van der Waals surface area contributed by atoms with E-state index < -0.39 is 5.97 Å². The second-order valence-electron chi connectivity index (χ2n) is 3.72. The van der Waals surface area contributed by atoms with Gasteiger partial charge in [0.05, 0.1) is 11.3 Å². The summed E-state index contributed by atoms with van der Waals surface area (Å²) < 4.78 is 0. The molecule has 96 valence electrons. The Balaban J connectivity index is 2.27. The molecule has 1 aromatic heterocycles. The smallest absolute Gasteiger partial charge is 0.357 e. The number of hydrogen-bond acceptors (Lipinski definition) is 4. The zero-order valence-corrected chi connectivity index (χ0v) is 10.9. The Hall–Kier alpha value is -2.26. The molecule has 0 saturated heterocycles. The van der Waals surface area contributed by atoms with Crippen LogP contribution in [0, 0.1) is 11.8 Å². The molecule has 0 fully saturated rings. The molecule has 6 heteroatoms. The van der Waals surface area contributed by atoms with Crippen LogP contribution < -0.4 is 0 Å². The van der Waals surface area contributed by atoms with Crippen molar-refractivity contribution in [2.75, 3.05) is 5.75 Å². The molecule has 2 rings (SSSR count). The molecule has 0 spiro atoms. The van der Waals surface area contributed by atoms with Crippen molar-refractivity contribution >= 4 is 33.7 Å². The quantitative estimate of drug-likeness (QED) is 0.817. The van der Waals surface area contributed by atoms with Crippen LogP contribution in [0.3, 0.4) is 0 Å². The summed E-state index contributed by atoms with van der Waals surface area (Å²) in [5.41, 5.74) is 1.33. The number of H-pyrrole nitrogens is 1.